The molecule has 8 aromatic rings. The van der Waals surface area contributed by atoms with Crippen molar-refractivity contribution in [2.45, 2.75) is 19.3 Å². The van der Waals surface area contributed by atoms with Crippen LogP contribution in [0.3, 0.4) is 0 Å². The van der Waals surface area contributed by atoms with E-state index < -0.39 is 0 Å². The van der Waals surface area contributed by atoms with Gasteiger partial charge < -0.3 is 0 Å². The van der Waals surface area contributed by atoms with Crippen LogP contribution in [0.2, 0.25) is 0 Å². The zero-order chi connectivity index (χ0) is 31.3. The zero-order valence-corrected chi connectivity index (χ0v) is 26.5. The molecule has 0 heterocycles. The maximum absolute atomic E-state index is 2.47. The van der Waals surface area contributed by atoms with Crippen LogP contribution in [0.25, 0.3) is 77.2 Å². The number of hydrogen-bond donors (Lipinski definition) is 0. The lowest BCUT2D eigenvalue weighted by Gasteiger charge is -2.27. The summed E-state index contributed by atoms with van der Waals surface area (Å²) in [5, 5.41) is 5.17. The highest BCUT2D eigenvalue weighted by Gasteiger charge is 2.24. The third-order valence-electron chi connectivity index (χ3n) is 10.1. The SMILES string of the molecule is CC1Cc2cc(-c3ccccc3-c3ccccc3)ccc2-c2cc(-c3c4ccccc4c(-c4ccccc4)c4ccccc34)ccc21. The first kappa shape index (κ1) is 27.6. The minimum atomic E-state index is 0.445. The number of rotatable bonds is 4. The first-order valence-corrected chi connectivity index (χ1v) is 16.7. The molecule has 1 aliphatic carbocycles. The van der Waals surface area contributed by atoms with E-state index in [1.165, 1.54) is 88.3 Å². The molecule has 1 atom stereocenters. The van der Waals surface area contributed by atoms with Crippen LogP contribution in [-0.2, 0) is 6.42 Å². The van der Waals surface area contributed by atoms with Crippen molar-refractivity contribution < 1.29 is 0 Å². The maximum atomic E-state index is 2.47. The minimum absolute atomic E-state index is 0.445. The van der Waals surface area contributed by atoms with Gasteiger partial charge in [-0.2, -0.15) is 0 Å². The van der Waals surface area contributed by atoms with Crippen molar-refractivity contribution >= 4 is 21.5 Å². The fraction of sp³-hybridized carbons (Fsp3) is 0.0638. The molecule has 9 rings (SSSR count). The van der Waals surface area contributed by atoms with E-state index in [4.69, 9.17) is 0 Å². The van der Waals surface area contributed by atoms with Gasteiger partial charge in [0.25, 0.3) is 0 Å². The van der Waals surface area contributed by atoms with Crippen molar-refractivity contribution in [2.24, 2.45) is 0 Å². The standard InChI is InChI=1S/C47H34/c1-31-28-36-29-34(39-19-9-8-18-38(39)32-14-4-2-5-15-32)24-27-40(36)45-30-35(25-26-37(31)45)47-43-22-12-10-20-41(43)46(33-16-6-3-7-17-33)42-21-11-13-23-44(42)47/h2-27,29-31H,28H2,1H3. The van der Waals surface area contributed by atoms with Gasteiger partial charge in [-0.25, -0.2) is 0 Å². The Morgan fingerprint density at radius 1 is 0.362 bits per heavy atom. The molecular weight excluding hydrogens is 565 g/mol. The summed E-state index contributed by atoms with van der Waals surface area (Å²) in [4.78, 5) is 0. The van der Waals surface area contributed by atoms with Gasteiger partial charge in [-0.1, -0.05) is 171 Å². The molecule has 0 heteroatoms. The Kier molecular flexibility index (Phi) is 6.61. The Morgan fingerprint density at radius 3 is 1.47 bits per heavy atom. The van der Waals surface area contributed by atoms with Gasteiger partial charge >= 0.3 is 0 Å². The summed E-state index contributed by atoms with van der Waals surface area (Å²) in [5.74, 6) is 0.445. The molecule has 0 saturated heterocycles. The average Bonchev–Trinajstić information content (AvgIpc) is 3.14. The molecule has 0 nitrogen and oxygen atoms in total. The van der Waals surface area contributed by atoms with E-state index >= 15 is 0 Å². The molecule has 0 aliphatic heterocycles. The second-order valence-electron chi connectivity index (χ2n) is 12.9. The second kappa shape index (κ2) is 11.3. The van der Waals surface area contributed by atoms with E-state index in [-0.39, 0.29) is 0 Å². The van der Waals surface area contributed by atoms with Crippen LogP contribution in [0.4, 0.5) is 0 Å². The van der Waals surface area contributed by atoms with E-state index in [0.29, 0.717) is 5.92 Å². The Hall–Kier alpha value is -5.72. The summed E-state index contributed by atoms with van der Waals surface area (Å²) in [6.07, 6.45) is 1.04. The predicted molar refractivity (Wildman–Crippen MR) is 201 cm³/mol. The molecule has 1 unspecified atom stereocenters. The molecule has 8 aromatic carbocycles. The Morgan fingerprint density at radius 2 is 0.851 bits per heavy atom. The van der Waals surface area contributed by atoms with Gasteiger partial charge in [0.05, 0.1) is 0 Å². The van der Waals surface area contributed by atoms with Gasteiger partial charge in [0.15, 0.2) is 0 Å². The normalized spacial score (nSPS) is 13.8. The summed E-state index contributed by atoms with van der Waals surface area (Å²) >= 11 is 0. The molecule has 0 fully saturated rings. The molecule has 47 heavy (non-hydrogen) atoms. The van der Waals surface area contributed by atoms with Crippen LogP contribution >= 0.6 is 0 Å². The summed E-state index contributed by atoms with van der Waals surface area (Å²) < 4.78 is 0. The Labute approximate surface area is 276 Å². The van der Waals surface area contributed by atoms with Crippen molar-refractivity contribution in [1.82, 2.24) is 0 Å². The van der Waals surface area contributed by atoms with Gasteiger partial charge in [-0.15, -0.1) is 0 Å². The molecule has 0 bridgehead atoms. The lowest BCUT2D eigenvalue weighted by Crippen LogP contribution is -2.09. The first-order valence-electron chi connectivity index (χ1n) is 16.7. The Balaban J connectivity index is 1.23. The van der Waals surface area contributed by atoms with Gasteiger partial charge in [0.2, 0.25) is 0 Å². The highest BCUT2D eigenvalue weighted by molar-refractivity contribution is 6.21. The average molecular weight is 599 g/mol. The molecule has 0 aromatic heterocycles. The topological polar surface area (TPSA) is 0 Å². The van der Waals surface area contributed by atoms with Crippen LogP contribution < -0.4 is 0 Å². The van der Waals surface area contributed by atoms with Crippen LogP contribution in [0.1, 0.15) is 24.0 Å². The van der Waals surface area contributed by atoms with Crippen molar-refractivity contribution in [1.29, 1.82) is 0 Å². The maximum Gasteiger partial charge on any atom is -0.00262 e. The highest BCUT2D eigenvalue weighted by Crippen LogP contribution is 2.47. The molecule has 0 spiro atoms. The fourth-order valence-electron chi connectivity index (χ4n) is 7.97. The Bertz CT molecular complexity index is 2380. The second-order valence-corrected chi connectivity index (χ2v) is 12.9. The van der Waals surface area contributed by atoms with Crippen LogP contribution in [0, 0.1) is 0 Å². The fourth-order valence-corrected chi connectivity index (χ4v) is 7.97. The molecule has 0 amide bonds. The quantitative estimate of drug-likeness (QED) is 0.177. The van der Waals surface area contributed by atoms with E-state index in [2.05, 4.69) is 177 Å². The highest BCUT2D eigenvalue weighted by atomic mass is 14.3. The number of benzene rings is 8. The van der Waals surface area contributed by atoms with Crippen LogP contribution in [0.5, 0.6) is 0 Å². The molecule has 0 radical (unpaired) electrons. The smallest absolute Gasteiger partial charge is 0.00262 e. The summed E-state index contributed by atoms with van der Waals surface area (Å²) in [7, 11) is 0. The lowest BCUT2D eigenvalue weighted by atomic mass is 9.77. The third kappa shape index (κ3) is 4.60. The van der Waals surface area contributed by atoms with Gasteiger partial charge in [-0.3, -0.25) is 0 Å². The van der Waals surface area contributed by atoms with Crippen LogP contribution in [0.15, 0.2) is 170 Å². The summed E-state index contributed by atoms with van der Waals surface area (Å²) in [6, 6.07) is 62.6. The monoisotopic (exact) mass is 598 g/mol. The third-order valence-corrected chi connectivity index (χ3v) is 10.1. The van der Waals surface area contributed by atoms with Crippen molar-refractivity contribution in [2.75, 3.05) is 0 Å². The van der Waals surface area contributed by atoms with Gasteiger partial charge in [-0.05, 0) is 107 Å². The van der Waals surface area contributed by atoms with Crippen molar-refractivity contribution in [3.63, 3.8) is 0 Å². The molecule has 0 saturated carbocycles. The van der Waals surface area contributed by atoms with E-state index in [9.17, 15) is 0 Å². The van der Waals surface area contributed by atoms with E-state index in [0.717, 1.165) is 6.42 Å². The predicted octanol–water partition coefficient (Wildman–Crippen LogP) is 13.0. The first-order chi connectivity index (χ1) is 23.2. The van der Waals surface area contributed by atoms with Crippen molar-refractivity contribution in [3.05, 3.63) is 181 Å². The lowest BCUT2D eigenvalue weighted by molar-refractivity contribution is 0.749. The molecular formula is C47H34. The zero-order valence-electron chi connectivity index (χ0n) is 26.5. The van der Waals surface area contributed by atoms with Crippen LogP contribution in [-0.4, -0.2) is 0 Å². The summed E-state index contributed by atoms with van der Waals surface area (Å²) in [6.45, 7) is 2.38. The van der Waals surface area contributed by atoms with Gasteiger partial charge in [0.1, 0.15) is 0 Å². The number of fused-ring (bicyclic) bond motifs is 5. The largest absolute Gasteiger partial charge is 0.0622 e. The van der Waals surface area contributed by atoms with Gasteiger partial charge in [0, 0.05) is 0 Å². The number of hydrogen-bond acceptors (Lipinski definition) is 0. The van der Waals surface area contributed by atoms with E-state index in [1.54, 1.807) is 0 Å². The molecule has 1 aliphatic rings. The minimum Gasteiger partial charge on any atom is -0.0622 e. The van der Waals surface area contributed by atoms with E-state index in [1.807, 2.05) is 0 Å². The van der Waals surface area contributed by atoms with Crippen molar-refractivity contribution in [3.8, 4) is 55.6 Å². The summed E-state index contributed by atoms with van der Waals surface area (Å²) in [5.41, 5.74) is 15.8. The molecule has 222 valence electrons. The molecule has 0 N–H and O–H groups in total.